The summed E-state index contributed by atoms with van der Waals surface area (Å²) in [5, 5.41) is 1.98. The van der Waals surface area contributed by atoms with Crippen molar-refractivity contribution in [3.8, 4) is 10.6 Å². The molecule has 1 saturated heterocycles. The van der Waals surface area contributed by atoms with E-state index in [-0.39, 0.29) is 23.3 Å². The summed E-state index contributed by atoms with van der Waals surface area (Å²) in [5.74, 6) is 1.85. The smallest absolute Gasteiger partial charge is 0.251 e. The van der Waals surface area contributed by atoms with Crippen molar-refractivity contribution in [3.63, 3.8) is 0 Å². The number of piperidine rings is 1. The minimum atomic E-state index is -0.123. The normalized spacial score (nSPS) is 26.4. The Kier molecular flexibility index (Phi) is 4.00. The molecule has 2 fully saturated rings. The molecule has 4 rings (SSSR count). The van der Waals surface area contributed by atoms with Gasteiger partial charge in [0.2, 0.25) is 5.91 Å². The second-order valence-corrected chi connectivity index (χ2v) is 7.88. The van der Waals surface area contributed by atoms with E-state index in [1.807, 2.05) is 22.4 Å². The van der Waals surface area contributed by atoms with E-state index in [1.165, 1.54) is 0 Å². The number of hydrogen-bond donors (Lipinski definition) is 1. The van der Waals surface area contributed by atoms with E-state index in [9.17, 15) is 9.59 Å². The van der Waals surface area contributed by atoms with Gasteiger partial charge in [0.15, 0.2) is 0 Å². The van der Waals surface area contributed by atoms with Crippen LogP contribution in [0, 0.1) is 11.8 Å². The van der Waals surface area contributed by atoms with Crippen molar-refractivity contribution in [2.45, 2.75) is 32.1 Å². The Morgan fingerprint density at radius 2 is 2.29 bits per heavy atom. The van der Waals surface area contributed by atoms with Crippen LogP contribution in [0.15, 0.2) is 28.4 Å². The Morgan fingerprint density at radius 3 is 3.00 bits per heavy atom. The van der Waals surface area contributed by atoms with Crippen LogP contribution in [0.2, 0.25) is 0 Å². The summed E-state index contributed by atoms with van der Waals surface area (Å²) in [4.78, 5) is 35.1. The Hall–Kier alpha value is -1.95. The molecule has 1 N–H and O–H groups in total. The van der Waals surface area contributed by atoms with Gasteiger partial charge in [-0.05, 0) is 36.6 Å². The van der Waals surface area contributed by atoms with Gasteiger partial charge in [-0.25, -0.2) is 4.98 Å². The number of H-pyrrole nitrogens is 1. The third-order valence-electron chi connectivity index (χ3n) is 5.08. The summed E-state index contributed by atoms with van der Waals surface area (Å²) in [6.07, 6.45) is 2.94. The Balaban J connectivity index is 1.57. The van der Waals surface area contributed by atoms with Crippen LogP contribution in [0.5, 0.6) is 0 Å². The molecule has 0 bridgehead atoms. The first-order valence-electron chi connectivity index (χ1n) is 8.56. The second-order valence-electron chi connectivity index (χ2n) is 6.94. The molecule has 2 aromatic rings. The van der Waals surface area contributed by atoms with Crippen molar-refractivity contribution < 1.29 is 4.79 Å². The maximum absolute atomic E-state index is 12.5. The predicted octanol–water partition coefficient (Wildman–Crippen LogP) is 2.86. The lowest BCUT2D eigenvalue weighted by Crippen LogP contribution is -2.40. The minimum Gasteiger partial charge on any atom is -0.342 e. The van der Waals surface area contributed by atoms with Crippen LogP contribution in [0.3, 0.4) is 0 Å². The summed E-state index contributed by atoms with van der Waals surface area (Å²) < 4.78 is 0. The van der Waals surface area contributed by atoms with Gasteiger partial charge >= 0.3 is 0 Å². The lowest BCUT2D eigenvalue weighted by atomic mass is 9.96. The number of amides is 1. The fraction of sp³-hybridized carbons (Fsp3) is 0.500. The van der Waals surface area contributed by atoms with Gasteiger partial charge in [0, 0.05) is 31.0 Å². The molecule has 3 heterocycles. The molecular formula is C18H21N3O2S. The number of carbonyl (C=O) groups is 1. The third-order valence-corrected chi connectivity index (χ3v) is 5.97. The van der Waals surface area contributed by atoms with Crippen LogP contribution in [0.4, 0.5) is 0 Å². The Bertz CT molecular complexity index is 799. The molecule has 2 aliphatic rings. The van der Waals surface area contributed by atoms with Crippen molar-refractivity contribution in [3.05, 3.63) is 39.8 Å². The molecule has 5 nitrogen and oxygen atoms in total. The van der Waals surface area contributed by atoms with Gasteiger partial charge in [-0.15, -0.1) is 11.3 Å². The van der Waals surface area contributed by atoms with Crippen molar-refractivity contribution in [1.82, 2.24) is 14.9 Å². The number of thiophene rings is 1. The van der Waals surface area contributed by atoms with Crippen LogP contribution in [-0.2, 0) is 4.79 Å². The molecular weight excluding hydrogens is 322 g/mol. The molecule has 0 aromatic carbocycles. The summed E-state index contributed by atoms with van der Waals surface area (Å²) in [5.41, 5.74) is 0.602. The number of likely N-dealkylation sites (tertiary alicyclic amines) is 1. The highest BCUT2D eigenvalue weighted by molar-refractivity contribution is 7.13. The maximum atomic E-state index is 12.5. The number of nitrogens with zero attached hydrogens (tertiary/aromatic N) is 2. The Labute approximate surface area is 144 Å². The number of nitrogens with one attached hydrogen (secondary N) is 1. The largest absolute Gasteiger partial charge is 0.342 e. The highest BCUT2D eigenvalue weighted by atomic mass is 32.1. The van der Waals surface area contributed by atoms with Crippen molar-refractivity contribution in [1.29, 1.82) is 0 Å². The molecule has 0 unspecified atom stereocenters. The van der Waals surface area contributed by atoms with E-state index >= 15 is 0 Å². The van der Waals surface area contributed by atoms with Gasteiger partial charge in [-0.1, -0.05) is 13.0 Å². The molecule has 6 heteroatoms. The van der Waals surface area contributed by atoms with Gasteiger partial charge in [0.1, 0.15) is 5.82 Å². The van der Waals surface area contributed by atoms with Crippen LogP contribution < -0.4 is 5.56 Å². The summed E-state index contributed by atoms with van der Waals surface area (Å²) in [7, 11) is 0. The molecule has 1 amide bonds. The predicted molar refractivity (Wildman–Crippen MR) is 94.0 cm³/mol. The van der Waals surface area contributed by atoms with Gasteiger partial charge in [-0.3, -0.25) is 9.59 Å². The lowest BCUT2D eigenvalue weighted by molar-refractivity contribution is -0.134. The summed E-state index contributed by atoms with van der Waals surface area (Å²) in [6, 6.07) is 5.48. The highest BCUT2D eigenvalue weighted by Crippen LogP contribution is 2.40. The third kappa shape index (κ3) is 3.02. The quantitative estimate of drug-likeness (QED) is 0.932. The maximum Gasteiger partial charge on any atom is 0.251 e. The number of aromatic nitrogens is 2. The van der Waals surface area contributed by atoms with Gasteiger partial charge in [0.25, 0.3) is 5.56 Å². The molecule has 1 aliphatic carbocycles. The topological polar surface area (TPSA) is 66.1 Å². The minimum absolute atomic E-state index is 0.115. The molecule has 126 valence electrons. The molecule has 3 atom stereocenters. The van der Waals surface area contributed by atoms with Crippen LogP contribution >= 0.6 is 11.3 Å². The lowest BCUT2D eigenvalue weighted by Gasteiger charge is -2.32. The summed E-state index contributed by atoms with van der Waals surface area (Å²) >= 11 is 1.58. The number of hydrogen-bond acceptors (Lipinski definition) is 4. The van der Waals surface area contributed by atoms with E-state index in [1.54, 1.807) is 17.4 Å². The SMILES string of the molecule is C[C@@H]1C[C@H]1C(=O)N1CCC[C@H](c2nc(-c3cccs3)cc(=O)[nH]2)C1. The Morgan fingerprint density at radius 1 is 1.46 bits per heavy atom. The summed E-state index contributed by atoms with van der Waals surface area (Å²) in [6.45, 7) is 3.62. The zero-order valence-corrected chi connectivity index (χ0v) is 14.5. The molecule has 0 spiro atoms. The van der Waals surface area contributed by atoms with E-state index in [4.69, 9.17) is 0 Å². The van der Waals surface area contributed by atoms with E-state index in [0.717, 1.165) is 36.4 Å². The number of rotatable bonds is 3. The fourth-order valence-corrected chi connectivity index (χ4v) is 4.21. The van der Waals surface area contributed by atoms with Crippen molar-refractivity contribution in [2.24, 2.45) is 11.8 Å². The first kappa shape index (κ1) is 15.6. The fourth-order valence-electron chi connectivity index (χ4n) is 3.52. The van der Waals surface area contributed by atoms with Crippen LogP contribution in [-0.4, -0.2) is 33.9 Å². The van der Waals surface area contributed by atoms with Gasteiger partial charge < -0.3 is 9.88 Å². The second kappa shape index (κ2) is 6.16. The molecule has 24 heavy (non-hydrogen) atoms. The van der Waals surface area contributed by atoms with Crippen molar-refractivity contribution in [2.75, 3.05) is 13.1 Å². The zero-order valence-electron chi connectivity index (χ0n) is 13.7. The van der Waals surface area contributed by atoms with Gasteiger partial charge in [0.05, 0.1) is 10.6 Å². The highest BCUT2D eigenvalue weighted by Gasteiger charge is 2.42. The molecule has 2 aromatic heterocycles. The first-order valence-corrected chi connectivity index (χ1v) is 9.43. The standard InChI is InChI=1S/C18H21N3O2S/c1-11-8-13(11)18(23)21-6-2-4-12(10-21)17-19-14(9-16(22)20-17)15-5-3-7-24-15/h3,5,7,9,11-13H,2,4,6,8,10H2,1H3,(H,19,20,22)/t11-,12+,13-/m1/s1. The van der Waals surface area contributed by atoms with Crippen LogP contribution in [0.1, 0.15) is 37.9 Å². The average molecular weight is 343 g/mol. The van der Waals surface area contributed by atoms with Gasteiger partial charge in [-0.2, -0.15) is 0 Å². The number of aromatic amines is 1. The van der Waals surface area contributed by atoms with E-state index in [0.29, 0.717) is 18.3 Å². The average Bonchev–Trinajstić information content (AvgIpc) is 3.09. The monoisotopic (exact) mass is 343 g/mol. The van der Waals surface area contributed by atoms with E-state index in [2.05, 4.69) is 16.9 Å². The van der Waals surface area contributed by atoms with E-state index < -0.39 is 0 Å². The first-order chi connectivity index (χ1) is 11.6. The molecule has 1 saturated carbocycles. The van der Waals surface area contributed by atoms with Crippen LogP contribution in [0.25, 0.3) is 10.6 Å². The number of carbonyl (C=O) groups excluding carboxylic acids is 1. The molecule has 1 aliphatic heterocycles. The molecule has 0 radical (unpaired) electrons. The van der Waals surface area contributed by atoms with Crippen molar-refractivity contribution >= 4 is 17.2 Å². The zero-order chi connectivity index (χ0) is 16.7.